The molecular formula is C43H49N3O7S. The number of ether oxygens (including phenoxy) is 2. The second-order valence-corrected chi connectivity index (χ2v) is 17.9. The van der Waals surface area contributed by atoms with Crippen molar-refractivity contribution >= 4 is 32.6 Å². The van der Waals surface area contributed by atoms with E-state index in [0.29, 0.717) is 30.8 Å². The molecule has 284 valence electrons. The minimum atomic E-state index is -3.88. The van der Waals surface area contributed by atoms with Gasteiger partial charge in [0.1, 0.15) is 17.6 Å². The van der Waals surface area contributed by atoms with Crippen molar-refractivity contribution in [1.29, 1.82) is 0 Å². The van der Waals surface area contributed by atoms with Gasteiger partial charge >= 0.3 is 0 Å². The maximum Gasteiger partial charge on any atom is 0.241 e. The normalized spacial score (nSPS) is 25.8. The lowest BCUT2D eigenvalue weighted by Crippen LogP contribution is -2.59. The van der Waals surface area contributed by atoms with Crippen LogP contribution in [-0.2, 0) is 26.0 Å². The summed E-state index contributed by atoms with van der Waals surface area (Å²) in [6.45, 7) is 10.2. The second-order valence-electron chi connectivity index (χ2n) is 16.1. The molecule has 11 heteroatoms. The number of sulfonamides is 1. The Kier molecular flexibility index (Phi) is 9.87. The largest absolute Gasteiger partial charge is 0.497 e. The number of benzene rings is 4. The molecule has 1 aliphatic heterocycles. The van der Waals surface area contributed by atoms with E-state index in [0.717, 1.165) is 39.3 Å². The van der Waals surface area contributed by atoms with Crippen molar-refractivity contribution in [2.45, 2.75) is 70.4 Å². The highest BCUT2D eigenvalue weighted by molar-refractivity contribution is 7.89. The molecule has 2 amide bonds. The minimum Gasteiger partial charge on any atom is -0.497 e. The molecule has 10 nitrogen and oxygen atoms in total. The van der Waals surface area contributed by atoms with Crippen LogP contribution in [0, 0.1) is 16.7 Å². The molecule has 2 aliphatic carbocycles. The van der Waals surface area contributed by atoms with Gasteiger partial charge in [0.05, 0.1) is 37.0 Å². The Balaban J connectivity index is 1.29. The maximum atomic E-state index is 14.7. The standard InChI is InChI=1S/C43H49N3O7S/c1-7-30-24-43(30,41(49)45-54(6,50)51)37-23-32(53-36-22-28(26-13-9-8-10-14-26)19-29-20-31(52-5)17-18-33(29)36)25-46(37)39(42(2,3)4)40(48)44-38-34-16-12-11-15-27(34)21-35(38)47/h7-20,22,30,32,35,37-39,47H,1,21,23-25H2,2-6H3,(H,44,48)(H,45,49). The van der Waals surface area contributed by atoms with Crippen LogP contribution in [0.15, 0.2) is 97.6 Å². The first-order chi connectivity index (χ1) is 25.6. The molecule has 7 rings (SSSR count). The molecule has 1 saturated heterocycles. The van der Waals surface area contributed by atoms with Gasteiger partial charge in [0, 0.05) is 30.8 Å². The predicted molar refractivity (Wildman–Crippen MR) is 209 cm³/mol. The first kappa shape index (κ1) is 37.6. The average Bonchev–Trinajstić information content (AvgIpc) is 3.62. The van der Waals surface area contributed by atoms with E-state index in [1.54, 1.807) is 13.2 Å². The number of carbonyl (C=O) groups excluding carboxylic acids is 2. The summed E-state index contributed by atoms with van der Waals surface area (Å²) in [5.41, 5.74) is 2.03. The zero-order chi connectivity index (χ0) is 38.6. The summed E-state index contributed by atoms with van der Waals surface area (Å²) in [6, 6.07) is 25.7. The van der Waals surface area contributed by atoms with Crippen LogP contribution in [0.5, 0.6) is 11.5 Å². The second kappa shape index (κ2) is 14.2. The van der Waals surface area contributed by atoms with Gasteiger partial charge in [-0.3, -0.25) is 19.2 Å². The van der Waals surface area contributed by atoms with Crippen molar-refractivity contribution in [2.75, 3.05) is 19.9 Å². The molecular weight excluding hydrogens is 703 g/mol. The summed E-state index contributed by atoms with van der Waals surface area (Å²) in [5, 5.41) is 16.1. The number of nitrogens with one attached hydrogen (secondary N) is 2. The third kappa shape index (κ3) is 7.12. The summed E-state index contributed by atoms with van der Waals surface area (Å²) in [7, 11) is -2.25. The van der Waals surface area contributed by atoms with Gasteiger partial charge in [0.2, 0.25) is 21.8 Å². The average molecular weight is 752 g/mol. The molecule has 2 fully saturated rings. The first-order valence-corrected chi connectivity index (χ1v) is 20.3. The lowest BCUT2D eigenvalue weighted by atomic mass is 9.82. The zero-order valence-corrected chi connectivity index (χ0v) is 32.2. The van der Waals surface area contributed by atoms with Crippen LogP contribution >= 0.6 is 0 Å². The van der Waals surface area contributed by atoms with Crippen molar-refractivity contribution in [2.24, 2.45) is 16.7 Å². The number of fused-ring (bicyclic) bond motifs is 2. The summed E-state index contributed by atoms with van der Waals surface area (Å²) in [5.74, 6) is 0.150. The van der Waals surface area contributed by atoms with Gasteiger partial charge in [-0.2, -0.15) is 0 Å². The molecule has 7 unspecified atom stereocenters. The number of hydrogen-bond acceptors (Lipinski definition) is 8. The number of aliphatic hydroxyl groups excluding tert-OH is 1. The molecule has 4 aromatic carbocycles. The quantitative estimate of drug-likeness (QED) is 0.164. The van der Waals surface area contributed by atoms with Gasteiger partial charge in [-0.15, -0.1) is 6.58 Å². The van der Waals surface area contributed by atoms with Gasteiger partial charge in [0.25, 0.3) is 0 Å². The van der Waals surface area contributed by atoms with Crippen LogP contribution in [0.2, 0.25) is 0 Å². The van der Waals surface area contributed by atoms with Crippen molar-refractivity contribution in [3.05, 3.63) is 109 Å². The highest BCUT2D eigenvalue weighted by Crippen LogP contribution is 2.60. The Bertz CT molecular complexity index is 2200. The number of hydrogen-bond donors (Lipinski definition) is 3. The van der Waals surface area contributed by atoms with Gasteiger partial charge in [0.15, 0.2) is 0 Å². The van der Waals surface area contributed by atoms with E-state index in [4.69, 9.17) is 9.47 Å². The smallest absolute Gasteiger partial charge is 0.241 e. The Morgan fingerprint density at radius 1 is 1.02 bits per heavy atom. The Hall–Kier alpha value is -4.71. The number of carbonyl (C=O) groups is 2. The van der Waals surface area contributed by atoms with Crippen molar-refractivity contribution in [1.82, 2.24) is 14.9 Å². The maximum absolute atomic E-state index is 14.7. The molecule has 0 spiro atoms. The third-order valence-electron chi connectivity index (χ3n) is 11.4. The fourth-order valence-corrected chi connectivity index (χ4v) is 9.42. The number of rotatable bonds is 11. The van der Waals surface area contributed by atoms with E-state index in [2.05, 4.69) is 22.7 Å². The van der Waals surface area contributed by atoms with Gasteiger partial charge in [-0.05, 0) is 75.7 Å². The topological polar surface area (TPSA) is 134 Å². The Labute approximate surface area is 317 Å². The summed E-state index contributed by atoms with van der Waals surface area (Å²) in [4.78, 5) is 30.8. The van der Waals surface area contributed by atoms with Gasteiger partial charge < -0.3 is 19.9 Å². The number of nitrogens with zero attached hydrogens (tertiary/aromatic N) is 1. The van der Waals surface area contributed by atoms with Gasteiger partial charge in [-0.25, -0.2) is 8.42 Å². The van der Waals surface area contributed by atoms with Crippen LogP contribution in [0.1, 0.15) is 50.8 Å². The van der Waals surface area contributed by atoms with E-state index in [1.807, 2.05) is 105 Å². The number of allylic oxidation sites excluding steroid dienone is 1. The third-order valence-corrected chi connectivity index (χ3v) is 11.9. The minimum absolute atomic E-state index is 0.285. The monoisotopic (exact) mass is 751 g/mol. The van der Waals surface area contributed by atoms with E-state index >= 15 is 0 Å². The number of likely N-dealkylation sites (tertiary alicyclic amines) is 1. The summed E-state index contributed by atoms with van der Waals surface area (Å²) >= 11 is 0. The molecule has 0 aromatic heterocycles. The Morgan fingerprint density at radius 2 is 1.74 bits per heavy atom. The van der Waals surface area contributed by atoms with Crippen molar-refractivity contribution in [3.8, 4) is 22.6 Å². The van der Waals surface area contributed by atoms with Crippen molar-refractivity contribution in [3.63, 3.8) is 0 Å². The molecule has 7 atom stereocenters. The van der Waals surface area contributed by atoms with Crippen LogP contribution in [0.4, 0.5) is 0 Å². The molecule has 4 aromatic rings. The number of methoxy groups -OCH3 is 1. The van der Waals surface area contributed by atoms with Crippen LogP contribution in [0.25, 0.3) is 21.9 Å². The lowest BCUT2D eigenvalue weighted by molar-refractivity contribution is -0.137. The van der Waals surface area contributed by atoms with E-state index in [9.17, 15) is 23.1 Å². The molecule has 54 heavy (non-hydrogen) atoms. The molecule has 1 saturated carbocycles. The van der Waals surface area contributed by atoms with Crippen LogP contribution < -0.4 is 19.5 Å². The van der Waals surface area contributed by atoms with E-state index in [1.165, 1.54) is 0 Å². The first-order valence-electron chi connectivity index (χ1n) is 18.4. The van der Waals surface area contributed by atoms with E-state index in [-0.39, 0.29) is 18.4 Å². The summed E-state index contributed by atoms with van der Waals surface area (Å²) < 4.78 is 39.7. The molecule has 3 aliphatic rings. The number of aliphatic hydroxyl groups is 1. The zero-order valence-electron chi connectivity index (χ0n) is 31.4. The Morgan fingerprint density at radius 3 is 2.41 bits per heavy atom. The highest BCUT2D eigenvalue weighted by Gasteiger charge is 2.68. The van der Waals surface area contributed by atoms with Crippen LogP contribution in [0.3, 0.4) is 0 Å². The molecule has 0 radical (unpaired) electrons. The lowest BCUT2D eigenvalue weighted by Gasteiger charge is -2.42. The molecule has 0 bridgehead atoms. The van der Waals surface area contributed by atoms with Gasteiger partial charge in [-0.1, -0.05) is 81.4 Å². The molecule has 1 heterocycles. The molecule has 3 N–H and O–H groups in total. The summed E-state index contributed by atoms with van der Waals surface area (Å²) in [6.07, 6.45) is 2.57. The SMILES string of the molecule is C=CC1CC1(C(=O)NS(C)(=O)=O)C1CC(Oc2cc(-c3ccccc3)cc3cc(OC)ccc23)CN1C(C(=O)NC1c2ccccc2CC1O)C(C)(C)C. The van der Waals surface area contributed by atoms with Crippen molar-refractivity contribution < 1.29 is 32.6 Å². The van der Waals surface area contributed by atoms with Crippen LogP contribution in [-0.4, -0.2) is 74.4 Å². The predicted octanol–water partition coefficient (Wildman–Crippen LogP) is 5.79. The fraction of sp³-hybridized carbons (Fsp3) is 0.395. The highest BCUT2D eigenvalue weighted by atomic mass is 32.2. The van der Waals surface area contributed by atoms with E-state index < -0.39 is 57.1 Å². The fourth-order valence-electron chi connectivity index (χ4n) is 8.89. The number of amides is 2.